The largest absolute Gasteiger partial charge is 0.392 e. The first kappa shape index (κ1) is 6.66. The molecule has 0 aliphatic carbocycles. The normalized spacial score (nSPS) is 12.1. The van der Waals surface area contributed by atoms with E-state index in [1.807, 2.05) is 0 Å². The average Bonchev–Trinajstić information content (AvgIpc) is 1.68. The van der Waals surface area contributed by atoms with Gasteiger partial charge in [-0.05, 0) is 6.92 Å². The second-order valence-electron chi connectivity index (χ2n) is 1.39. The molecule has 2 radical (unpaired) electrons. The zero-order valence-electron chi connectivity index (χ0n) is 4.39. The number of hydrogen-bond acceptors (Lipinski definition) is 1. The third-order valence-corrected chi connectivity index (χ3v) is 0.689. The Bertz CT molecular complexity index is 68.5. The van der Waals surface area contributed by atoms with Gasteiger partial charge in [0, 0.05) is 0 Å². The lowest BCUT2D eigenvalue weighted by Crippen LogP contribution is -1.86. The number of aliphatic hydroxyl groups is 1. The molecule has 0 rings (SSSR count). The van der Waals surface area contributed by atoms with Crippen molar-refractivity contribution < 1.29 is 5.11 Å². The molecule has 0 unspecified atom stereocenters. The van der Waals surface area contributed by atoms with Crippen LogP contribution in [0.15, 0.2) is 11.6 Å². The Morgan fingerprint density at radius 1 is 1.86 bits per heavy atom. The maximum Gasteiger partial charge on any atom is 0.0639 e. The van der Waals surface area contributed by atoms with Crippen LogP contribution in [0.25, 0.3) is 0 Å². The van der Waals surface area contributed by atoms with Gasteiger partial charge in [0.05, 0.1) is 13.2 Å². The van der Waals surface area contributed by atoms with Gasteiger partial charge in [0.2, 0.25) is 0 Å². The van der Waals surface area contributed by atoms with E-state index in [2.05, 4.69) is 0 Å². The van der Waals surface area contributed by atoms with Crippen molar-refractivity contribution in [2.24, 2.45) is 0 Å². The number of hydrogen-bond donors (Lipinski definition) is 1. The lowest BCUT2D eigenvalue weighted by Gasteiger charge is -1.87. The molecule has 0 aromatic carbocycles. The molecule has 0 aromatic rings. The van der Waals surface area contributed by atoms with Crippen LogP contribution < -0.4 is 5.73 Å². The molecule has 0 atom stereocenters. The lowest BCUT2D eigenvalue weighted by molar-refractivity contribution is 0.331. The Balaban J connectivity index is 3.29. The van der Waals surface area contributed by atoms with Gasteiger partial charge < -0.3 is 5.11 Å². The topological polar surface area (TPSA) is 42.5 Å². The molecule has 1 N–H and O–H groups in total. The Morgan fingerprint density at radius 3 is 2.57 bits per heavy atom. The van der Waals surface area contributed by atoms with E-state index in [0.717, 1.165) is 5.57 Å². The quantitative estimate of drug-likeness (QED) is 0.486. The number of nitrogens with zero attached hydrogens (tertiary/aromatic N) is 1. The summed E-state index contributed by atoms with van der Waals surface area (Å²) < 4.78 is 0. The summed E-state index contributed by atoms with van der Waals surface area (Å²) in [4.78, 5) is 0. The summed E-state index contributed by atoms with van der Waals surface area (Å²) in [6.45, 7) is 1.82. The van der Waals surface area contributed by atoms with E-state index in [9.17, 15) is 0 Å². The van der Waals surface area contributed by atoms with E-state index in [4.69, 9.17) is 10.8 Å². The zero-order valence-corrected chi connectivity index (χ0v) is 4.39. The standard InChI is InChI=1S/C5H9NO/c1-5(4-7)2-3-6/h2,7H,3-4H2,1H3/b5-2-. The van der Waals surface area contributed by atoms with Crippen molar-refractivity contribution >= 4 is 0 Å². The minimum absolute atomic E-state index is 0.0202. The Labute approximate surface area is 43.6 Å². The van der Waals surface area contributed by atoms with Gasteiger partial charge in [0.1, 0.15) is 0 Å². The van der Waals surface area contributed by atoms with Gasteiger partial charge in [-0.25, -0.2) is 0 Å². The van der Waals surface area contributed by atoms with Crippen molar-refractivity contribution in [3.8, 4) is 0 Å². The summed E-state index contributed by atoms with van der Waals surface area (Å²) in [7, 11) is 0. The molecule has 40 valence electrons. The zero-order chi connectivity index (χ0) is 5.70. The van der Waals surface area contributed by atoms with Crippen LogP contribution in [0, 0.1) is 0 Å². The highest BCUT2D eigenvalue weighted by molar-refractivity contribution is 4.97. The van der Waals surface area contributed by atoms with Crippen LogP contribution in [-0.2, 0) is 0 Å². The van der Waals surface area contributed by atoms with Crippen molar-refractivity contribution in [1.29, 1.82) is 0 Å². The van der Waals surface area contributed by atoms with E-state index in [0.29, 0.717) is 0 Å². The third kappa shape index (κ3) is 3.49. The second-order valence-corrected chi connectivity index (χ2v) is 1.39. The summed E-state index contributed by atoms with van der Waals surface area (Å²) in [5.41, 5.74) is 8.99. The van der Waals surface area contributed by atoms with Gasteiger partial charge in [0.15, 0.2) is 0 Å². The van der Waals surface area contributed by atoms with Gasteiger partial charge in [-0.15, -0.1) is 5.73 Å². The molecule has 2 heteroatoms. The molecular weight excluding hydrogens is 90.1 g/mol. The smallest absolute Gasteiger partial charge is 0.0639 e. The summed E-state index contributed by atoms with van der Waals surface area (Å²) in [5, 5.41) is 8.29. The van der Waals surface area contributed by atoms with Crippen LogP contribution in [0.4, 0.5) is 0 Å². The first-order valence-corrected chi connectivity index (χ1v) is 2.18. The van der Waals surface area contributed by atoms with Gasteiger partial charge in [-0.1, -0.05) is 11.6 Å². The summed E-state index contributed by atoms with van der Waals surface area (Å²) in [5.74, 6) is 0. The molecule has 0 aromatic heterocycles. The highest BCUT2D eigenvalue weighted by Gasteiger charge is 1.79. The van der Waals surface area contributed by atoms with E-state index in [-0.39, 0.29) is 13.2 Å². The van der Waals surface area contributed by atoms with Crippen LogP contribution in [0.3, 0.4) is 0 Å². The summed E-state index contributed by atoms with van der Waals surface area (Å²) in [6.07, 6.45) is 1.57. The average molecular weight is 99.1 g/mol. The molecule has 0 saturated heterocycles. The lowest BCUT2D eigenvalue weighted by atomic mass is 10.3. The molecule has 2 nitrogen and oxygen atoms in total. The van der Waals surface area contributed by atoms with E-state index >= 15 is 0 Å². The highest BCUT2D eigenvalue weighted by Crippen LogP contribution is 1.85. The predicted molar refractivity (Wildman–Crippen MR) is 27.8 cm³/mol. The van der Waals surface area contributed by atoms with Gasteiger partial charge >= 0.3 is 0 Å². The molecule has 0 aliphatic rings. The molecule has 0 amide bonds. The fraction of sp³-hybridized carbons (Fsp3) is 0.600. The highest BCUT2D eigenvalue weighted by atomic mass is 16.3. The molecule has 0 spiro atoms. The van der Waals surface area contributed by atoms with Crippen LogP contribution in [0.1, 0.15) is 6.92 Å². The number of aliphatic hydroxyl groups excluding tert-OH is 1. The van der Waals surface area contributed by atoms with Crippen LogP contribution >= 0.6 is 0 Å². The maximum atomic E-state index is 8.29. The van der Waals surface area contributed by atoms with Crippen LogP contribution in [-0.4, -0.2) is 18.3 Å². The third-order valence-electron chi connectivity index (χ3n) is 0.689. The van der Waals surface area contributed by atoms with Gasteiger partial charge in [0.25, 0.3) is 0 Å². The predicted octanol–water partition coefficient (Wildman–Crippen LogP) is -0.00630. The van der Waals surface area contributed by atoms with Crippen molar-refractivity contribution in [3.63, 3.8) is 0 Å². The van der Waals surface area contributed by atoms with Crippen molar-refractivity contribution in [3.05, 3.63) is 11.6 Å². The molecule has 0 bridgehead atoms. The second kappa shape index (κ2) is 3.84. The van der Waals surface area contributed by atoms with E-state index in [1.165, 1.54) is 0 Å². The number of rotatable bonds is 2. The molecular formula is C5H9NO. The summed E-state index contributed by atoms with van der Waals surface area (Å²) in [6, 6.07) is 0. The SMILES string of the molecule is C/C(=C/C[N])CO. The molecule has 0 aliphatic heterocycles. The molecule has 0 fully saturated rings. The maximum absolute atomic E-state index is 8.29. The van der Waals surface area contributed by atoms with Crippen molar-refractivity contribution in [2.45, 2.75) is 6.92 Å². The first-order valence-electron chi connectivity index (χ1n) is 2.18. The minimum Gasteiger partial charge on any atom is -0.392 e. The summed E-state index contributed by atoms with van der Waals surface area (Å²) >= 11 is 0. The van der Waals surface area contributed by atoms with E-state index in [1.54, 1.807) is 13.0 Å². The molecule has 7 heavy (non-hydrogen) atoms. The minimum atomic E-state index is 0.0202. The first-order chi connectivity index (χ1) is 3.31. The van der Waals surface area contributed by atoms with E-state index < -0.39 is 0 Å². The fourth-order valence-corrected chi connectivity index (χ4v) is 0.220. The van der Waals surface area contributed by atoms with Crippen LogP contribution in [0.5, 0.6) is 0 Å². The monoisotopic (exact) mass is 99.1 g/mol. The molecule has 0 heterocycles. The molecule has 0 saturated carbocycles. The van der Waals surface area contributed by atoms with Gasteiger partial charge in [-0.3, -0.25) is 0 Å². The Morgan fingerprint density at radius 2 is 2.43 bits per heavy atom. The fourth-order valence-electron chi connectivity index (χ4n) is 0.220. The van der Waals surface area contributed by atoms with Gasteiger partial charge in [-0.2, -0.15) is 0 Å². The van der Waals surface area contributed by atoms with Crippen LogP contribution in [0.2, 0.25) is 0 Å². The Hall–Kier alpha value is -0.340. The van der Waals surface area contributed by atoms with Crippen molar-refractivity contribution in [1.82, 2.24) is 5.73 Å². The van der Waals surface area contributed by atoms with Crippen molar-refractivity contribution in [2.75, 3.05) is 13.2 Å². The Kier molecular flexibility index (Phi) is 3.65.